The predicted molar refractivity (Wildman–Crippen MR) is 159 cm³/mol. The molecule has 1 aliphatic heterocycles. The van der Waals surface area contributed by atoms with Crippen LogP contribution in [0.4, 0.5) is 0 Å². The first-order valence-corrected chi connectivity index (χ1v) is 18.3. The van der Waals surface area contributed by atoms with E-state index in [0.29, 0.717) is 31.2 Å². The van der Waals surface area contributed by atoms with E-state index in [0.717, 1.165) is 25.8 Å². The van der Waals surface area contributed by atoms with Crippen molar-refractivity contribution >= 4 is 16.9 Å². The number of nitrogens with one attached hydrogen (secondary N) is 2. The van der Waals surface area contributed by atoms with Gasteiger partial charge in [0.15, 0.2) is 8.32 Å². The molecule has 0 radical (unpaired) electrons. The Morgan fingerprint density at radius 3 is 2.56 bits per heavy atom. The third kappa shape index (κ3) is 10.8. The molecular weight excluding hydrogens is 537 g/mol. The van der Waals surface area contributed by atoms with Gasteiger partial charge in [-0.05, 0) is 51.4 Å². The van der Waals surface area contributed by atoms with Crippen molar-refractivity contribution in [2.24, 2.45) is 0 Å². The molecule has 5 atom stereocenters. The molecule has 0 aromatic carbocycles. The summed E-state index contributed by atoms with van der Waals surface area (Å²) in [7, 11) is -3.71. The molecule has 0 aliphatic carbocycles. The second-order valence-corrected chi connectivity index (χ2v) is 18.2. The molecule has 2 N–H and O–H groups in total. The summed E-state index contributed by atoms with van der Waals surface area (Å²) in [5.74, 6) is 0. The Hall–Kier alpha value is -0.913. The molecule has 12 heteroatoms. The molecule has 2 heterocycles. The fraction of sp³-hybridized carbons (Fsp3) is 0.852. The molecule has 4 unspecified atom stereocenters. The lowest BCUT2D eigenvalue weighted by atomic mass is 10.2. The molecular formula is C27H52N3O7PSi. The summed E-state index contributed by atoms with van der Waals surface area (Å²) in [5.41, 5.74) is -0.472. The quantitative estimate of drug-likeness (QED) is 0.150. The smallest absolute Gasteiger partial charge is 0.333 e. The minimum absolute atomic E-state index is 0.0345. The number of H-pyrrole nitrogens is 1. The molecule has 1 aliphatic rings. The number of hydrogen-bond acceptors (Lipinski definition) is 8. The molecule has 39 heavy (non-hydrogen) atoms. The van der Waals surface area contributed by atoms with Crippen LogP contribution in [0.15, 0.2) is 15.8 Å². The maximum atomic E-state index is 12.6. The average molecular weight is 590 g/mol. The number of ether oxygens (including phenoxy) is 1. The molecule has 226 valence electrons. The van der Waals surface area contributed by atoms with Crippen LogP contribution in [0, 0.1) is 6.92 Å². The van der Waals surface area contributed by atoms with Crippen LogP contribution in [0.5, 0.6) is 0 Å². The maximum Gasteiger partial charge on any atom is 0.333 e. The molecule has 0 amide bonds. The maximum absolute atomic E-state index is 12.6. The molecule has 1 fully saturated rings. The van der Waals surface area contributed by atoms with Gasteiger partial charge in [0.2, 0.25) is 0 Å². The van der Waals surface area contributed by atoms with Gasteiger partial charge < -0.3 is 28.1 Å². The number of unbranched alkanes of at least 4 members (excludes halogenated alkanes) is 1. The highest BCUT2D eigenvalue weighted by atomic mass is 31.2. The molecule has 1 aromatic rings. The normalized spacial score (nSPS) is 22.0. The van der Waals surface area contributed by atoms with Crippen molar-refractivity contribution < 1.29 is 22.7 Å². The van der Waals surface area contributed by atoms with E-state index in [1.54, 1.807) is 13.1 Å². The van der Waals surface area contributed by atoms with Crippen LogP contribution in [0.2, 0.25) is 18.1 Å². The molecule has 2 rings (SSSR count). The summed E-state index contributed by atoms with van der Waals surface area (Å²) in [6.07, 6.45) is 3.18. The molecule has 0 bridgehead atoms. The SMILES string of the molecule is CCCCOP(OC1CC(n2cc(C)c(=O)[nH]c2=O)OC1CO[Si](C)(C)C(C)(C)C)O[C@H](C)CCNC(C)C. The number of aromatic nitrogens is 2. The lowest BCUT2D eigenvalue weighted by molar-refractivity contribution is -0.0431. The van der Waals surface area contributed by atoms with Crippen LogP contribution < -0.4 is 16.6 Å². The van der Waals surface area contributed by atoms with E-state index in [9.17, 15) is 9.59 Å². The van der Waals surface area contributed by atoms with Crippen molar-refractivity contribution in [1.82, 2.24) is 14.9 Å². The van der Waals surface area contributed by atoms with Gasteiger partial charge in [-0.15, -0.1) is 0 Å². The van der Waals surface area contributed by atoms with E-state index in [1.807, 2.05) is 6.92 Å². The third-order valence-corrected chi connectivity index (χ3v) is 13.2. The highest BCUT2D eigenvalue weighted by Crippen LogP contribution is 2.47. The zero-order chi connectivity index (χ0) is 29.4. The summed E-state index contributed by atoms with van der Waals surface area (Å²) in [6.45, 7) is 22.7. The lowest BCUT2D eigenvalue weighted by Gasteiger charge is -2.37. The monoisotopic (exact) mass is 589 g/mol. The second-order valence-electron chi connectivity index (χ2n) is 12.3. The fourth-order valence-corrected chi connectivity index (χ4v) is 6.00. The highest BCUT2D eigenvalue weighted by Gasteiger charge is 2.43. The Morgan fingerprint density at radius 2 is 1.95 bits per heavy atom. The van der Waals surface area contributed by atoms with Crippen LogP contribution in [0.25, 0.3) is 0 Å². The molecule has 0 saturated carbocycles. The van der Waals surface area contributed by atoms with Gasteiger partial charge >= 0.3 is 14.3 Å². The van der Waals surface area contributed by atoms with Crippen molar-refractivity contribution in [3.05, 3.63) is 32.6 Å². The summed E-state index contributed by atoms with van der Waals surface area (Å²) < 4.78 is 33.1. The van der Waals surface area contributed by atoms with Crippen LogP contribution in [0.1, 0.15) is 85.9 Å². The zero-order valence-corrected chi connectivity index (χ0v) is 27.6. The number of nitrogens with zero attached hydrogens (tertiary/aromatic N) is 1. The second kappa shape index (κ2) is 15.4. The van der Waals surface area contributed by atoms with Crippen LogP contribution in [-0.4, -0.2) is 62.0 Å². The van der Waals surface area contributed by atoms with Gasteiger partial charge in [-0.3, -0.25) is 14.3 Å². The van der Waals surface area contributed by atoms with Crippen molar-refractivity contribution in [2.75, 3.05) is 19.8 Å². The van der Waals surface area contributed by atoms with E-state index in [-0.39, 0.29) is 11.1 Å². The van der Waals surface area contributed by atoms with E-state index in [1.165, 1.54) is 4.57 Å². The summed E-state index contributed by atoms with van der Waals surface area (Å²) in [6, 6.07) is 0.407. The van der Waals surface area contributed by atoms with Gasteiger partial charge in [-0.25, -0.2) is 4.79 Å². The third-order valence-electron chi connectivity index (χ3n) is 7.34. The van der Waals surface area contributed by atoms with E-state index in [4.69, 9.17) is 22.7 Å². The molecule has 0 spiro atoms. The Kier molecular flexibility index (Phi) is 13.5. The first-order valence-electron chi connectivity index (χ1n) is 14.3. The Morgan fingerprint density at radius 1 is 1.26 bits per heavy atom. The van der Waals surface area contributed by atoms with Crippen LogP contribution in [0.3, 0.4) is 0 Å². The molecule has 1 aromatic heterocycles. The molecule has 1 saturated heterocycles. The Labute approximate surface area is 236 Å². The lowest BCUT2D eigenvalue weighted by Crippen LogP contribution is -2.44. The molecule has 10 nitrogen and oxygen atoms in total. The van der Waals surface area contributed by atoms with E-state index in [2.05, 4.69) is 64.9 Å². The summed E-state index contributed by atoms with van der Waals surface area (Å²) >= 11 is 0. The number of aryl methyl sites for hydroxylation is 1. The van der Waals surface area contributed by atoms with E-state index >= 15 is 0 Å². The van der Waals surface area contributed by atoms with E-state index < -0.39 is 46.6 Å². The standard InChI is InChI=1S/C27H52N3O7PSi/c1-11-12-15-33-38(36-21(5)13-14-28-19(2)3)37-22-16-24(30-17-20(4)25(31)29-26(30)32)35-23(22)18-34-39(9,10)27(6,7)8/h17,19,21-24,28H,11-16,18H2,1-10H3,(H,29,31,32)/t21-,22?,23?,24?,38?/m1/s1. The highest BCUT2D eigenvalue weighted by molar-refractivity contribution is 7.41. The topological polar surface area (TPSA) is 113 Å². The van der Waals surface area contributed by atoms with Gasteiger partial charge in [0.05, 0.1) is 25.4 Å². The van der Waals surface area contributed by atoms with Crippen molar-refractivity contribution in [2.45, 2.75) is 130 Å². The van der Waals surface area contributed by atoms with Crippen molar-refractivity contribution in [1.29, 1.82) is 0 Å². The van der Waals surface area contributed by atoms with Gasteiger partial charge in [-0.2, -0.15) is 0 Å². The van der Waals surface area contributed by atoms with Gasteiger partial charge in [0.25, 0.3) is 5.56 Å². The zero-order valence-electron chi connectivity index (χ0n) is 25.7. The van der Waals surface area contributed by atoms with Gasteiger partial charge in [-0.1, -0.05) is 48.0 Å². The fourth-order valence-electron chi connectivity index (χ4n) is 3.69. The summed E-state index contributed by atoms with van der Waals surface area (Å²) in [5, 5.41) is 3.45. The first-order chi connectivity index (χ1) is 18.1. The number of aromatic amines is 1. The number of hydrogen-bond donors (Lipinski definition) is 2. The Balaban J connectivity index is 2.24. The van der Waals surface area contributed by atoms with Crippen molar-refractivity contribution in [3.63, 3.8) is 0 Å². The van der Waals surface area contributed by atoms with Gasteiger partial charge in [0, 0.05) is 24.2 Å². The number of rotatable bonds is 16. The largest absolute Gasteiger partial charge is 0.414 e. The summed E-state index contributed by atoms with van der Waals surface area (Å²) in [4.78, 5) is 27.0. The van der Waals surface area contributed by atoms with Gasteiger partial charge in [0.1, 0.15) is 12.3 Å². The predicted octanol–water partition coefficient (Wildman–Crippen LogP) is 5.38. The van der Waals surface area contributed by atoms with Crippen LogP contribution >= 0.6 is 8.60 Å². The average Bonchev–Trinajstić information content (AvgIpc) is 3.21. The first kappa shape index (κ1) is 34.3. The Bertz CT molecular complexity index is 995. The minimum atomic E-state index is -2.06. The van der Waals surface area contributed by atoms with Crippen LogP contribution in [-0.2, 0) is 22.7 Å². The van der Waals surface area contributed by atoms with Crippen molar-refractivity contribution in [3.8, 4) is 0 Å². The minimum Gasteiger partial charge on any atom is -0.414 e.